The summed E-state index contributed by atoms with van der Waals surface area (Å²) in [6, 6.07) is 0. The molecule has 1 saturated carbocycles. The van der Waals surface area contributed by atoms with E-state index in [4.69, 9.17) is 0 Å². The van der Waals surface area contributed by atoms with Crippen LogP contribution in [0.5, 0.6) is 0 Å². The molecule has 0 heterocycles. The highest BCUT2D eigenvalue weighted by molar-refractivity contribution is 5.45. The summed E-state index contributed by atoms with van der Waals surface area (Å²) in [7, 11) is 0. The van der Waals surface area contributed by atoms with Gasteiger partial charge in [-0.3, -0.25) is 0 Å². The number of hydrogen-bond donors (Lipinski definition) is 0. The van der Waals surface area contributed by atoms with Gasteiger partial charge in [-0.2, -0.15) is 0 Å². The summed E-state index contributed by atoms with van der Waals surface area (Å²) >= 11 is 0. The monoisotopic (exact) mass is 94.0 g/mol. The molecular formula is C6H6O. The summed E-state index contributed by atoms with van der Waals surface area (Å²) in [5.74, 6) is 1.63. The Balaban J connectivity index is 2.70. The smallest absolute Gasteiger partial charge is 0.177 e. The van der Waals surface area contributed by atoms with Crippen molar-refractivity contribution in [3.63, 3.8) is 0 Å². The molecule has 1 nitrogen and oxygen atoms in total. The van der Waals surface area contributed by atoms with Crippen molar-refractivity contribution in [3.05, 3.63) is 11.3 Å². The van der Waals surface area contributed by atoms with E-state index < -0.39 is 0 Å². The van der Waals surface area contributed by atoms with Gasteiger partial charge in [-0.05, 0) is 30.6 Å². The van der Waals surface area contributed by atoms with Crippen LogP contribution in [0.15, 0.2) is 11.3 Å². The maximum Gasteiger partial charge on any atom is 0.177 e. The van der Waals surface area contributed by atoms with Crippen molar-refractivity contribution >= 4 is 5.94 Å². The largest absolute Gasteiger partial charge is 0.224 e. The van der Waals surface area contributed by atoms with Crippen LogP contribution < -0.4 is 0 Å². The highest BCUT2D eigenvalue weighted by Crippen LogP contribution is 2.22. The predicted octanol–water partition coefficient (Wildman–Crippen LogP) is 1.08. The minimum Gasteiger partial charge on any atom is -0.224 e. The van der Waals surface area contributed by atoms with Gasteiger partial charge in [0.25, 0.3) is 0 Å². The molecule has 1 heteroatoms. The van der Waals surface area contributed by atoms with Crippen molar-refractivity contribution in [1.29, 1.82) is 0 Å². The minimum atomic E-state index is 1.06. The van der Waals surface area contributed by atoms with Crippen LogP contribution in [-0.2, 0) is 4.79 Å². The first-order chi connectivity index (χ1) is 3.43. The molecule has 1 fully saturated rings. The van der Waals surface area contributed by atoms with Gasteiger partial charge in [0.05, 0.1) is 0 Å². The molecule has 1 aliphatic carbocycles. The quantitative estimate of drug-likeness (QED) is 0.324. The van der Waals surface area contributed by atoms with E-state index in [0.29, 0.717) is 0 Å². The number of carbonyl (C=O) groups excluding carboxylic acids is 1. The molecule has 0 spiro atoms. The van der Waals surface area contributed by atoms with Crippen LogP contribution in [0.25, 0.3) is 0 Å². The van der Waals surface area contributed by atoms with Crippen LogP contribution in [0.3, 0.4) is 0 Å². The van der Waals surface area contributed by atoms with E-state index in [1.165, 1.54) is 6.42 Å². The normalized spacial score (nSPS) is 16.9. The summed E-state index contributed by atoms with van der Waals surface area (Å²) in [5, 5.41) is 0. The molecule has 0 aromatic carbocycles. The van der Waals surface area contributed by atoms with Crippen molar-refractivity contribution in [3.8, 4) is 0 Å². The molecule has 0 aromatic rings. The molecule has 1 aliphatic rings. The molecule has 36 valence electrons. The van der Waals surface area contributed by atoms with E-state index in [9.17, 15) is 4.79 Å². The van der Waals surface area contributed by atoms with Crippen LogP contribution >= 0.6 is 0 Å². The molecule has 0 atom stereocenters. The van der Waals surface area contributed by atoms with E-state index in [1.807, 2.05) is 0 Å². The summed E-state index contributed by atoms with van der Waals surface area (Å²) in [6.07, 6.45) is 3.36. The van der Waals surface area contributed by atoms with Crippen molar-refractivity contribution < 1.29 is 4.79 Å². The molecule has 0 unspecified atom stereocenters. The fourth-order valence-corrected chi connectivity index (χ4v) is 0.551. The molecule has 0 radical (unpaired) electrons. The van der Waals surface area contributed by atoms with Gasteiger partial charge in [-0.1, -0.05) is 0 Å². The lowest BCUT2D eigenvalue weighted by Crippen LogP contribution is -1.93. The second-order valence-electron chi connectivity index (χ2n) is 1.68. The topological polar surface area (TPSA) is 17.1 Å². The lowest BCUT2D eigenvalue weighted by Gasteiger charge is -2.10. The molecule has 0 aromatic heterocycles. The van der Waals surface area contributed by atoms with Gasteiger partial charge in [-0.25, -0.2) is 4.79 Å². The maximum absolute atomic E-state index is 9.55. The van der Waals surface area contributed by atoms with Crippen molar-refractivity contribution in [1.82, 2.24) is 0 Å². The van der Waals surface area contributed by atoms with Gasteiger partial charge in [0, 0.05) is 0 Å². The summed E-state index contributed by atoms with van der Waals surface area (Å²) in [6.45, 7) is 0. The van der Waals surface area contributed by atoms with Crippen LogP contribution in [0, 0.1) is 0 Å². The van der Waals surface area contributed by atoms with Crippen LogP contribution in [-0.4, -0.2) is 5.94 Å². The number of allylic oxidation sites excluding steroid dienone is 1. The van der Waals surface area contributed by atoms with Gasteiger partial charge in [-0.15, -0.1) is 0 Å². The Labute approximate surface area is 42.3 Å². The summed E-state index contributed by atoms with van der Waals surface area (Å²) in [4.78, 5) is 9.55. The zero-order valence-electron chi connectivity index (χ0n) is 4.03. The zero-order valence-corrected chi connectivity index (χ0v) is 4.03. The molecular weight excluding hydrogens is 88.1 g/mol. The molecule has 0 amide bonds. The van der Waals surface area contributed by atoms with E-state index in [-0.39, 0.29) is 0 Å². The first-order valence-corrected chi connectivity index (χ1v) is 2.41. The van der Waals surface area contributed by atoms with Gasteiger partial charge >= 0.3 is 0 Å². The highest BCUT2D eigenvalue weighted by Gasteiger charge is 2.05. The molecule has 0 saturated heterocycles. The average molecular weight is 94.1 g/mol. The van der Waals surface area contributed by atoms with E-state index in [1.54, 1.807) is 5.94 Å². The highest BCUT2D eigenvalue weighted by atomic mass is 16.1. The predicted molar refractivity (Wildman–Crippen MR) is 26.6 cm³/mol. The number of rotatable bonds is 0. The van der Waals surface area contributed by atoms with Gasteiger partial charge < -0.3 is 0 Å². The Morgan fingerprint density at radius 2 is 2.14 bits per heavy atom. The molecule has 0 bridgehead atoms. The Morgan fingerprint density at radius 1 is 1.43 bits per heavy atom. The van der Waals surface area contributed by atoms with Gasteiger partial charge in [0.1, 0.15) is 0 Å². The standard InChI is InChI=1S/C6H6O/c7-5-4-6-2-1-3-6/h1-3H2. The van der Waals surface area contributed by atoms with Crippen molar-refractivity contribution in [2.75, 3.05) is 0 Å². The van der Waals surface area contributed by atoms with Crippen LogP contribution in [0.2, 0.25) is 0 Å². The average Bonchev–Trinajstić information content (AvgIpc) is 1.55. The maximum atomic E-state index is 9.55. The molecule has 7 heavy (non-hydrogen) atoms. The third-order valence-electron chi connectivity index (χ3n) is 1.18. The third-order valence-corrected chi connectivity index (χ3v) is 1.18. The fraction of sp³-hybridized carbons (Fsp3) is 0.500. The zero-order chi connectivity index (χ0) is 5.11. The van der Waals surface area contributed by atoms with Crippen molar-refractivity contribution in [2.24, 2.45) is 0 Å². The van der Waals surface area contributed by atoms with E-state index in [2.05, 4.69) is 5.73 Å². The number of hydrogen-bond acceptors (Lipinski definition) is 1. The van der Waals surface area contributed by atoms with Gasteiger partial charge in [0.15, 0.2) is 5.94 Å². The Morgan fingerprint density at radius 3 is 2.29 bits per heavy atom. The van der Waals surface area contributed by atoms with E-state index >= 15 is 0 Å². The summed E-state index contributed by atoms with van der Waals surface area (Å²) in [5.41, 5.74) is 3.63. The first kappa shape index (κ1) is 4.39. The van der Waals surface area contributed by atoms with Crippen molar-refractivity contribution in [2.45, 2.75) is 19.3 Å². The fourth-order valence-electron chi connectivity index (χ4n) is 0.551. The first-order valence-electron chi connectivity index (χ1n) is 2.41. The molecule has 0 N–H and O–H groups in total. The Kier molecular flexibility index (Phi) is 1.12. The Bertz CT molecular complexity index is 140. The van der Waals surface area contributed by atoms with Gasteiger partial charge in [0.2, 0.25) is 0 Å². The molecule has 1 rings (SSSR count). The lowest BCUT2D eigenvalue weighted by atomic mass is 9.94. The van der Waals surface area contributed by atoms with Crippen LogP contribution in [0.4, 0.5) is 0 Å². The third kappa shape index (κ3) is 0.806. The second kappa shape index (κ2) is 1.79. The minimum absolute atomic E-state index is 1.06. The Hall–Kier alpha value is -0.770. The van der Waals surface area contributed by atoms with Crippen LogP contribution in [0.1, 0.15) is 19.3 Å². The molecule has 0 aliphatic heterocycles. The second-order valence-corrected chi connectivity index (χ2v) is 1.68. The lowest BCUT2D eigenvalue weighted by molar-refractivity contribution is 0.568. The van der Waals surface area contributed by atoms with E-state index in [0.717, 1.165) is 18.4 Å². The SMILES string of the molecule is O=C=C=C1CCC1. The summed E-state index contributed by atoms with van der Waals surface area (Å²) < 4.78 is 0.